The van der Waals surface area contributed by atoms with Crippen LogP contribution in [0.5, 0.6) is 0 Å². The molecule has 1 atom stereocenters. The number of benzene rings is 1. The van der Waals surface area contributed by atoms with Crippen LogP contribution in [-0.4, -0.2) is 6.54 Å². The lowest BCUT2D eigenvalue weighted by Gasteiger charge is -2.23. The van der Waals surface area contributed by atoms with Crippen LogP contribution in [0, 0.1) is 17.6 Å². The van der Waals surface area contributed by atoms with Gasteiger partial charge < -0.3 is 5.32 Å². The van der Waals surface area contributed by atoms with Gasteiger partial charge in [-0.1, -0.05) is 39.7 Å². The molecule has 1 aromatic carbocycles. The number of rotatable bonds is 7. The van der Waals surface area contributed by atoms with Gasteiger partial charge in [0.2, 0.25) is 0 Å². The molecule has 1 unspecified atom stereocenters. The Bertz CT molecular complexity index is 362. The molecular formula is C15H23F2N. The predicted octanol–water partition coefficient (Wildman–Crippen LogP) is 4.44. The molecule has 0 fully saturated rings. The summed E-state index contributed by atoms with van der Waals surface area (Å²) in [5, 5.41) is 3.36. The Balaban J connectivity index is 2.85. The number of hydrogen-bond acceptors (Lipinski definition) is 1. The van der Waals surface area contributed by atoms with Crippen LogP contribution in [0.1, 0.15) is 51.6 Å². The summed E-state index contributed by atoms with van der Waals surface area (Å²) < 4.78 is 26.2. The third-order valence-electron chi connectivity index (χ3n) is 3.52. The summed E-state index contributed by atoms with van der Waals surface area (Å²) in [6.45, 7) is 7.19. The zero-order valence-corrected chi connectivity index (χ0v) is 11.5. The van der Waals surface area contributed by atoms with Crippen LogP contribution in [0.3, 0.4) is 0 Å². The van der Waals surface area contributed by atoms with E-state index in [0.29, 0.717) is 5.92 Å². The van der Waals surface area contributed by atoms with Crippen LogP contribution >= 0.6 is 0 Å². The van der Waals surface area contributed by atoms with Gasteiger partial charge in [-0.25, -0.2) is 8.78 Å². The molecule has 1 N–H and O–H groups in total. The average molecular weight is 255 g/mol. The lowest BCUT2D eigenvalue weighted by molar-refractivity contribution is 0.374. The first kappa shape index (κ1) is 15.1. The normalized spacial score (nSPS) is 13.0. The second kappa shape index (κ2) is 7.47. The molecule has 1 aromatic rings. The van der Waals surface area contributed by atoms with Crippen molar-refractivity contribution < 1.29 is 8.78 Å². The minimum atomic E-state index is -0.781. The lowest BCUT2D eigenvalue weighted by Crippen LogP contribution is -2.23. The van der Waals surface area contributed by atoms with Gasteiger partial charge in [0, 0.05) is 6.04 Å². The Morgan fingerprint density at radius 3 is 2.22 bits per heavy atom. The van der Waals surface area contributed by atoms with Crippen LogP contribution in [0.25, 0.3) is 0 Å². The monoisotopic (exact) mass is 255 g/mol. The number of hydrogen-bond donors (Lipinski definition) is 1. The number of nitrogens with one attached hydrogen (secondary N) is 1. The third kappa shape index (κ3) is 4.05. The maximum Gasteiger partial charge on any atom is 0.159 e. The van der Waals surface area contributed by atoms with E-state index >= 15 is 0 Å². The van der Waals surface area contributed by atoms with Crippen LogP contribution in [-0.2, 0) is 0 Å². The Labute approximate surface area is 109 Å². The van der Waals surface area contributed by atoms with Crippen LogP contribution in [0.15, 0.2) is 18.2 Å². The lowest BCUT2D eigenvalue weighted by atomic mass is 9.91. The highest BCUT2D eigenvalue weighted by Gasteiger charge is 2.16. The van der Waals surface area contributed by atoms with Gasteiger partial charge in [0.1, 0.15) is 0 Å². The fourth-order valence-corrected chi connectivity index (χ4v) is 2.27. The fraction of sp³-hybridized carbons (Fsp3) is 0.600. The molecule has 0 saturated heterocycles. The van der Waals surface area contributed by atoms with Gasteiger partial charge in [0.05, 0.1) is 0 Å². The van der Waals surface area contributed by atoms with Crippen LogP contribution in [0.4, 0.5) is 8.78 Å². The summed E-state index contributed by atoms with van der Waals surface area (Å²) in [7, 11) is 0. The standard InChI is InChI=1S/C15H23F2N/c1-4-11(5-2)9-15(18-6-3)12-7-8-13(16)14(17)10-12/h7-8,10-11,15,18H,4-6,9H2,1-3H3. The molecular weight excluding hydrogens is 232 g/mol. The topological polar surface area (TPSA) is 12.0 Å². The minimum Gasteiger partial charge on any atom is -0.310 e. The van der Waals surface area contributed by atoms with E-state index in [4.69, 9.17) is 0 Å². The molecule has 3 heteroatoms. The highest BCUT2D eigenvalue weighted by Crippen LogP contribution is 2.26. The molecule has 102 valence electrons. The van der Waals surface area contributed by atoms with E-state index in [-0.39, 0.29) is 6.04 Å². The molecule has 0 saturated carbocycles. The van der Waals surface area contributed by atoms with Gasteiger partial charge in [-0.05, 0) is 36.6 Å². The zero-order valence-electron chi connectivity index (χ0n) is 11.5. The highest BCUT2D eigenvalue weighted by atomic mass is 19.2. The van der Waals surface area contributed by atoms with Gasteiger partial charge in [-0.3, -0.25) is 0 Å². The zero-order chi connectivity index (χ0) is 13.5. The van der Waals surface area contributed by atoms with E-state index in [1.165, 1.54) is 12.1 Å². The number of halogens is 2. The van der Waals surface area contributed by atoms with Crippen LogP contribution < -0.4 is 5.32 Å². The molecule has 0 aliphatic carbocycles. The molecule has 0 aliphatic rings. The fourth-order valence-electron chi connectivity index (χ4n) is 2.27. The van der Waals surface area contributed by atoms with E-state index in [2.05, 4.69) is 19.2 Å². The van der Waals surface area contributed by atoms with Crippen molar-refractivity contribution in [3.8, 4) is 0 Å². The maximum atomic E-state index is 13.3. The van der Waals surface area contributed by atoms with Gasteiger partial charge >= 0.3 is 0 Å². The van der Waals surface area contributed by atoms with Crippen LogP contribution in [0.2, 0.25) is 0 Å². The van der Waals surface area contributed by atoms with Crippen molar-refractivity contribution in [3.05, 3.63) is 35.4 Å². The Kier molecular flexibility index (Phi) is 6.27. The van der Waals surface area contributed by atoms with Gasteiger partial charge in [-0.2, -0.15) is 0 Å². The largest absolute Gasteiger partial charge is 0.310 e. The molecule has 0 bridgehead atoms. The van der Waals surface area contributed by atoms with Crippen molar-refractivity contribution >= 4 is 0 Å². The first-order valence-corrected chi connectivity index (χ1v) is 6.80. The summed E-state index contributed by atoms with van der Waals surface area (Å²) >= 11 is 0. The third-order valence-corrected chi connectivity index (χ3v) is 3.52. The second-order valence-electron chi connectivity index (χ2n) is 4.70. The van der Waals surface area contributed by atoms with Crippen molar-refractivity contribution in [2.24, 2.45) is 5.92 Å². The van der Waals surface area contributed by atoms with E-state index in [1.807, 2.05) is 6.92 Å². The molecule has 0 spiro atoms. The molecule has 0 aromatic heterocycles. The first-order chi connectivity index (χ1) is 8.62. The van der Waals surface area contributed by atoms with Gasteiger partial charge in [-0.15, -0.1) is 0 Å². The van der Waals surface area contributed by atoms with Crippen molar-refractivity contribution in [3.63, 3.8) is 0 Å². The summed E-state index contributed by atoms with van der Waals surface area (Å²) in [5.74, 6) is -0.932. The predicted molar refractivity (Wildman–Crippen MR) is 71.5 cm³/mol. The molecule has 1 nitrogen and oxygen atoms in total. The Morgan fingerprint density at radius 2 is 1.72 bits per heavy atom. The Morgan fingerprint density at radius 1 is 1.06 bits per heavy atom. The summed E-state index contributed by atoms with van der Waals surface area (Å²) in [6.07, 6.45) is 3.19. The molecule has 18 heavy (non-hydrogen) atoms. The molecule has 1 rings (SSSR count). The van der Waals surface area contributed by atoms with Crippen molar-refractivity contribution in [2.45, 2.75) is 46.1 Å². The SMILES string of the molecule is CCNC(CC(CC)CC)c1ccc(F)c(F)c1. The maximum absolute atomic E-state index is 13.3. The van der Waals surface area contributed by atoms with Crippen molar-refractivity contribution in [1.82, 2.24) is 5.32 Å². The first-order valence-electron chi connectivity index (χ1n) is 6.80. The molecule has 0 radical (unpaired) electrons. The quantitative estimate of drug-likeness (QED) is 0.759. The second-order valence-corrected chi connectivity index (χ2v) is 4.70. The van der Waals surface area contributed by atoms with E-state index < -0.39 is 11.6 Å². The average Bonchev–Trinajstić information content (AvgIpc) is 2.38. The summed E-state index contributed by atoms with van der Waals surface area (Å²) in [5.41, 5.74) is 0.836. The van der Waals surface area contributed by atoms with Crippen molar-refractivity contribution in [2.75, 3.05) is 6.54 Å². The minimum absolute atomic E-state index is 0.106. The Hall–Kier alpha value is -0.960. The molecule has 0 heterocycles. The van der Waals surface area contributed by atoms with E-state index in [0.717, 1.165) is 31.4 Å². The van der Waals surface area contributed by atoms with E-state index in [9.17, 15) is 8.78 Å². The van der Waals surface area contributed by atoms with Gasteiger partial charge in [0.25, 0.3) is 0 Å². The summed E-state index contributed by atoms with van der Waals surface area (Å²) in [4.78, 5) is 0. The van der Waals surface area contributed by atoms with E-state index in [1.54, 1.807) is 6.07 Å². The van der Waals surface area contributed by atoms with Gasteiger partial charge in [0.15, 0.2) is 11.6 Å². The molecule has 0 aliphatic heterocycles. The summed E-state index contributed by atoms with van der Waals surface area (Å²) in [6, 6.07) is 4.30. The van der Waals surface area contributed by atoms with Crippen molar-refractivity contribution in [1.29, 1.82) is 0 Å². The molecule has 0 amide bonds. The highest BCUT2D eigenvalue weighted by molar-refractivity contribution is 5.21. The smallest absolute Gasteiger partial charge is 0.159 e.